The predicted octanol–water partition coefficient (Wildman–Crippen LogP) is 2.80. The maximum absolute atomic E-state index is 11.9. The van der Waals surface area contributed by atoms with Crippen molar-refractivity contribution in [1.82, 2.24) is 9.78 Å². The Bertz CT molecular complexity index is 913. The Kier molecular flexibility index (Phi) is 7.70. The first-order valence-corrected chi connectivity index (χ1v) is 9.24. The molecule has 0 radical (unpaired) electrons. The minimum Gasteiger partial charge on any atom is -0.462 e. The van der Waals surface area contributed by atoms with Gasteiger partial charge in [0.2, 0.25) is 0 Å². The predicted molar refractivity (Wildman–Crippen MR) is 108 cm³/mol. The van der Waals surface area contributed by atoms with Crippen molar-refractivity contribution in [2.75, 3.05) is 18.5 Å². The number of hydrogen-bond donors (Lipinski definition) is 1. The number of carbonyl (C=O) groups is 3. The van der Waals surface area contributed by atoms with Gasteiger partial charge in [-0.15, -0.1) is 0 Å². The van der Waals surface area contributed by atoms with Crippen LogP contribution < -0.4 is 5.32 Å². The van der Waals surface area contributed by atoms with Gasteiger partial charge in [0.25, 0.3) is 5.91 Å². The molecular formula is C21H25N3O5. The van der Waals surface area contributed by atoms with Crippen LogP contribution in [0.2, 0.25) is 0 Å². The van der Waals surface area contributed by atoms with Crippen molar-refractivity contribution in [2.24, 2.45) is 7.05 Å². The lowest BCUT2D eigenvalue weighted by atomic mass is 10.2. The Morgan fingerprint density at radius 2 is 1.83 bits per heavy atom. The molecule has 0 bridgehead atoms. The van der Waals surface area contributed by atoms with Crippen molar-refractivity contribution in [3.63, 3.8) is 0 Å². The molecule has 1 amide bonds. The summed E-state index contributed by atoms with van der Waals surface area (Å²) in [6, 6.07) is 6.27. The molecule has 0 saturated heterocycles. The Morgan fingerprint density at radius 3 is 2.41 bits per heavy atom. The fraction of sp³-hybridized carbons (Fsp3) is 0.333. The summed E-state index contributed by atoms with van der Waals surface area (Å²) in [5.41, 5.74) is 3.44. The van der Waals surface area contributed by atoms with Crippen LogP contribution in [0.5, 0.6) is 0 Å². The number of amides is 1. The topological polar surface area (TPSA) is 99.5 Å². The fourth-order valence-corrected chi connectivity index (χ4v) is 2.53. The van der Waals surface area contributed by atoms with Crippen LogP contribution in [-0.4, -0.2) is 40.8 Å². The Morgan fingerprint density at radius 1 is 1.14 bits per heavy atom. The highest BCUT2D eigenvalue weighted by molar-refractivity contribution is 5.95. The van der Waals surface area contributed by atoms with Crippen molar-refractivity contribution >= 4 is 29.6 Å². The SMILES string of the molecule is CCCOC(=O)c1ccc(NC(=O)COC(=O)/C=C/c2c(C)nn(C)c2C)cc1. The zero-order chi connectivity index (χ0) is 21.4. The normalized spacial score (nSPS) is 10.8. The van der Waals surface area contributed by atoms with E-state index >= 15 is 0 Å². The molecule has 154 valence electrons. The summed E-state index contributed by atoms with van der Waals surface area (Å²) >= 11 is 0. The molecule has 0 saturated carbocycles. The van der Waals surface area contributed by atoms with Crippen molar-refractivity contribution < 1.29 is 23.9 Å². The van der Waals surface area contributed by atoms with Gasteiger partial charge in [0.15, 0.2) is 6.61 Å². The number of hydrogen-bond acceptors (Lipinski definition) is 6. The molecular weight excluding hydrogens is 374 g/mol. The Hall–Kier alpha value is -3.42. The third kappa shape index (κ3) is 6.31. The molecule has 29 heavy (non-hydrogen) atoms. The van der Waals surface area contributed by atoms with E-state index in [4.69, 9.17) is 9.47 Å². The van der Waals surface area contributed by atoms with E-state index in [2.05, 4.69) is 10.4 Å². The Labute approximate surface area is 169 Å². The van der Waals surface area contributed by atoms with E-state index in [-0.39, 0.29) is 0 Å². The van der Waals surface area contributed by atoms with E-state index < -0.39 is 24.5 Å². The first-order chi connectivity index (χ1) is 13.8. The summed E-state index contributed by atoms with van der Waals surface area (Å²) in [6.45, 7) is 5.59. The van der Waals surface area contributed by atoms with Crippen LogP contribution in [-0.2, 0) is 26.1 Å². The number of benzene rings is 1. The van der Waals surface area contributed by atoms with Gasteiger partial charge in [-0.25, -0.2) is 9.59 Å². The maximum Gasteiger partial charge on any atom is 0.338 e. The van der Waals surface area contributed by atoms with Crippen LogP contribution in [0.15, 0.2) is 30.3 Å². The third-order valence-corrected chi connectivity index (χ3v) is 4.14. The van der Waals surface area contributed by atoms with Gasteiger partial charge < -0.3 is 14.8 Å². The van der Waals surface area contributed by atoms with Crippen LogP contribution in [0.25, 0.3) is 6.08 Å². The number of ether oxygens (including phenoxy) is 2. The quantitative estimate of drug-likeness (QED) is 0.541. The average molecular weight is 399 g/mol. The number of anilines is 1. The van der Waals surface area contributed by atoms with Crippen molar-refractivity contribution in [3.05, 3.63) is 52.9 Å². The van der Waals surface area contributed by atoms with Crippen LogP contribution in [0, 0.1) is 13.8 Å². The summed E-state index contributed by atoms with van der Waals surface area (Å²) in [5, 5.41) is 6.86. The lowest BCUT2D eigenvalue weighted by Gasteiger charge is -2.07. The molecule has 0 unspecified atom stereocenters. The average Bonchev–Trinajstić information content (AvgIpc) is 2.94. The number of nitrogens with zero attached hydrogens (tertiary/aromatic N) is 2. The number of esters is 2. The minimum absolute atomic E-state index is 0.358. The molecule has 0 spiro atoms. The Balaban J connectivity index is 1.82. The third-order valence-electron chi connectivity index (χ3n) is 4.14. The first kappa shape index (κ1) is 21.9. The summed E-state index contributed by atoms with van der Waals surface area (Å²) < 4.78 is 11.7. The zero-order valence-electron chi connectivity index (χ0n) is 17.0. The molecule has 8 nitrogen and oxygen atoms in total. The van der Waals surface area contributed by atoms with Crippen LogP contribution in [0.3, 0.4) is 0 Å². The van der Waals surface area contributed by atoms with Gasteiger partial charge in [0.1, 0.15) is 0 Å². The molecule has 2 aromatic rings. The molecule has 1 heterocycles. The van der Waals surface area contributed by atoms with Gasteiger partial charge in [-0.2, -0.15) is 5.10 Å². The van der Waals surface area contributed by atoms with E-state index in [9.17, 15) is 14.4 Å². The van der Waals surface area contributed by atoms with E-state index in [1.165, 1.54) is 6.08 Å². The highest BCUT2D eigenvalue weighted by atomic mass is 16.5. The fourth-order valence-electron chi connectivity index (χ4n) is 2.53. The van der Waals surface area contributed by atoms with Gasteiger partial charge in [-0.05, 0) is 50.6 Å². The van der Waals surface area contributed by atoms with Crippen molar-refractivity contribution in [1.29, 1.82) is 0 Å². The van der Waals surface area contributed by atoms with Gasteiger partial charge in [-0.1, -0.05) is 6.92 Å². The van der Waals surface area contributed by atoms with Crippen molar-refractivity contribution in [3.8, 4) is 0 Å². The smallest absolute Gasteiger partial charge is 0.338 e. The van der Waals surface area contributed by atoms with E-state index in [0.29, 0.717) is 17.9 Å². The maximum atomic E-state index is 11.9. The van der Waals surface area contributed by atoms with E-state index in [0.717, 1.165) is 23.4 Å². The number of carbonyl (C=O) groups excluding carboxylic acids is 3. The summed E-state index contributed by atoms with van der Waals surface area (Å²) in [7, 11) is 1.82. The van der Waals surface area contributed by atoms with Gasteiger partial charge in [-0.3, -0.25) is 9.48 Å². The number of nitrogens with one attached hydrogen (secondary N) is 1. The second kappa shape index (κ2) is 10.2. The lowest BCUT2D eigenvalue weighted by molar-refractivity contribution is -0.142. The number of aromatic nitrogens is 2. The van der Waals surface area contributed by atoms with Crippen molar-refractivity contribution in [2.45, 2.75) is 27.2 Å². The van der Waals surface area contributed by atoms with E-state index in [1.807, 2.05) is 27.8 Å². The number of rotatable bonds is 8. The molecule has 0 atom stereocenters. The number of aryl methyl sites for hydroxylation is 2. The molecule has 0 aliphatic rings. The van der Waals surface area contributed by atoms with E-state index in [1.54, 1.807) is 35.0 Å². The molecule has 8 heteroatoms. The summed E-state index contributed by atoms with van der Waals surface area (Å²) in [6.07, 6.45) is 3.63. The van der Waals surface area contributed by atoms with Crippen LogP contribution in [0.4, 0.5) is 5.69 Å². The molecule has 0 aliphatic carbocycles. The minimum atomic E-state index is -0.628. The highest BCUT2D eigenvalue weighted by Crippen LogP contribution is 2.14. The standard InChI is InChI=1S/C21H25N3O5/c1-5-12-28-21(27)16-6-8-17(9-7-16)22-19(25)13-29-20(26)11-10-18-14(2)23-24(4)15(18)3/h6-11H,5,12-13H2,1-4H3,(H,22,25)/b11-10+. The van der Waals surface area contributed by atoms with Gasteiger partial charge >= 0.3 is 11.9 Å². The molecule has 2 rings (SSSR count). The van der Waals surface area contributed by atoms with Gasteiger partial charge in [0, 0.05) is 30.1 Å². The molecule has 0 fully saturated rings. The molecule has 0 aliphatic heterocycles. The zero-order valence-corrected chi connectivity index (χ0v) is 17.0. The molecule has 1 N–H and O–H groups in total. The largest absolute Gasteiger partial charge is 0.462 e. The summed E-state index contributed by atoms with van der Waals surface area (Å²) in [4.78, 5) is 35.5. The molecule has 1 aromatic heterocycles. The second-order valence-electron chi connectivity index (χ2n) is 6.41. The summed E-state index contributed by atoms with van der Waals surface area (Å²) in [5.74, 6) is -1.52. The van der Waals surface area contributed by atoms with Crippen LogP contribution >= 0.6 is 0 Å². The van der Waals surface area contributed by atoms with Gasteiger partial charge in [0.05, 0.1) is 17.9 Å². The second-order valence-corrected chi connectivity index (χ2v) is 6.41. The van der Waals surface area contributed by atoms with Crippen LogP contribution in [0.1, 0.15) is 40.7 Å². The lowest BCUT2D eigenvalue weighted by Crippen LogP contribution is -2.20. The highest BCUT2D eigenvalue weighted by Gasteiger charge is 2.10. The first-order valence-electron chi connectivity index (χ1n) is 9.24. The molecule has 1 aromatic carbocycles. The monoisotopic (exact) mass is 399 g/mol.